The number of rotatable bonds is 8. The van der Waals surface area contributed by atoms with Gasteiger partial charge in [0.2, 0.25) is 17.7 Å². The second-order valence-corrected chi connectivity index (χ2v) is 5.88. The minimum Gasteiger partial charge on any atom is -0.492 e. The second-order valence-electron chi connectivity index (χ2n) is 5.88. The summed E-state index contributed by atoms with van der Waals surface area (Å²) in [5.74, 6) is 1.64. The van der Waals surface area contributed by atoms with Crippen molar-refractivity contribution in [2.45, 2.75) is 19.8 Å². The molecule has 0 unspecified atom stereocenters. The van der Waals surface area contributed by atoms with E-state index in [2.05, 4.69) is 15.5 Å². The number of ether oxygens (including phenoxy) is 1. The molecule has 2 aromatic carbocycles. The van der Waals surface area contributed by atoms with Crippen molar-refractivity contribution in [3.63, 3.8) is 0 Å². The van der Waals surface area contributed by atoms with Crippen LogP contribution in [0.2, 0.25) is 0 Å². The second kappa shape index (κ2) is 8.80. The van der Waals surface area contributed by atoms with Crippen molar-refractivity contribution < 1.29 is 13.9 Å². The summed E-state index contributed by atoms with van der Waals surface area (Å²) >= 11 is 0. The highest BCUT2D eigenvalue weighted by atomic mass is 16.5. The summed E-state index contributed by atoms with van der Waals surface area (Å²) in [6.07, 6.45) is 0.700. The summed E-state index contributed by atoms with van der Waals surface area (Å²) in [5.41, 5.74) is 2.04. The zero-order chi connectivity index (χ0) is 18.2. The quantitative estimate of drug-likeness (QED) is 0.631. The van der Waals surface area contributed by atoms with Gasteiger partial charge in [0.15, 0.2) is 0 Å². The monoisotopic (exact) mass is 351 g/mol. The molecule has 0 saturated carbocycles. The van der Waals surface area contributed by atoms with E-state index in [1.807, 2.05) is 61.5 Å². The van der Waals surface area contributed by atoms with Crippen LogP contribution in [0.4, 0.5) is 0 Å². The number of nitrogens with one attached hydrogen (secondary N) is 1. The summed E-state index contributed by atoms with van der Waals surface area (Å²) in [6, 6.07) is 17.3. The van der Waals surface area contributed by atoms with Crippen molar-refractivity contribution in [3.05, 3.63) is 66.1 Å². The number of hydrogen-bond donors (Lipinski definition) is 1. The topological polar surface area (TPSA) is 77.2 Å². The van der Waals surface area contributed by atoms with Crippen molar-refractivity contribution in [1.29, 1.82) is 0 Å². The van der Waals surface area contributed by atoms with Gasteiger partial charge in [-0.05, 0) is 31.2 Å². The van der Waals surface area contributed by atoms with E-state index in [1.165, 1.54) is 5.56 Å². The van der Waals surface area contributed by atoms with Crippen LogP contribution in [0.3, 0.4) is 0 Å². The Hall–Kier alpha value is -3.15. The van der Waals surface area contributed by atoms with E-state index >= 15 is 0 Å². The van der Waals surface area contributed by atoms with Crippen molar-refractivity contribution >= 4 is 5.91 Å². The fourth-order valence-electron chi connectivity index (χ4n) is 2.35. The molecule has 134 valence electrons. The molecule has 0 bridgehead atoms. The highest BCUT2D eigenvalue weighted by molar-refractivity contribution is 5.76. The third kappa shape index (κ3) is 5.17. The van der Waals surface area contributed by atoms with Gasteiger partial charge in [-0.1, -0.05) is 35.9 Å². The third-order valence-corrected chi connectivity index (χ3v) is 3.77. The lowest BCUT2D eigenvalue weighted by molar-refractivity contribution is -0.121. The molecule has 6 heteroatoms. The maximum Gasteiger partial charge on any atom is 0.247 e. The molecule has 0 fully saturated rings. The van der Waals surface area contributed by atoms with E-state index in [0.717, 1.165) is 11.3 Å². The largest absolute Gasteiger partial charge is 0.492 e. The molecular formula is C20H21N3O3. The van der Waals surface area contributed by atoms with Gasteiger partial charge in [-0.3, -0.25) is 4.79 Å². The number of benzene rings is 2. The molecule has 26 heavy (non-hydrogen) atoms. The number of para-hydroxylation sites is 1. The smallest absolute Gasteiger partial charge is 0.247 e. The fraction of sp³-hybridized carbons (Fsp3) is 0.250. The molecular weight excluding hydrogens is 330 g/mol. The van der Waals surface area contributed by atoms with Crippen LogP contribution >= 0.6 is 0 Å². The summed E-state index contributed by atoms with van der Waals surface area (Å²) in [7, 11) is 0. The molecule has 1 aromatic heterocycles. The van der Waals surface area contributed by atoms with Gasteiger partial charge < -0.3 is 14.5 Å². The molecule has 1 amide bonds. The van der Waals surface area contributed by atoms with Gasteiger partial charge >= 0.3 is 0 Å². The Morgan fingerprint density at radius 1 is 1.08 bits per heavy atom. The molecule has 0 aliphatic rings. The molecule has 6 nitrogen and oxygen atoms in total. The van der Waals surface area contributed by atoms with Crippen molar-refractivity contribution in [2.24, 2.45) is 0 Å². The Bertz CT molecular complexity index is 829. The minimum atomic E-state index is -0.0725. The highest BCUT2D eigenvalue weighted by Crippen LogP contribution is 2.18. The number of nitrogens with zero attached hydrogens (tertiary/aromatic N) is 2. The highest BCUT2D eigenvalue weighted by Gasteiger charge is 2.10. The molecule has 0 atom stereocenters. The number of amides is 1. The lowest BCUT2D eigenvalue weighted by Gasteiger charge is -2.07. The van der Waals surface area contributed by atoms with Gasteiger partial charge in [0.05, 0.1) is 6.54 Å². The molecule has 3 aromatic rings. The van der Waals surface area contributed by atoms with Crippen molar-refractivity contribution in [2.75, 3.05) is 13.2 Å². The Kier molecular flexibility index (Phi) is 5.98. The summed E-state index contributed by atoms with van der Waals surface area (Å²) in [6.45, 7) is 2.90. The van der Waals surface area contributed by atoms with Crippen LogP contribution in [0.5, 0.6) is 5.75 Å². The van der Waals surface area contributed by atoms with Gasteiger partial charge in [0, 0.05) is 18.4 Å². The number of hydrogen-bond acceptors (Lipinski definition) is 5. The predicted octanol–water partition coefficient (Wildman–Crippen LogP) is 3.17. The van der Waals surface area contributed by atoms with Crippen LogP contribution in [-0.4, -0.2) is 29.3 Å². The van der Waals surface area contributed by atoms with Crippen LogP contribution in [0.15, 0.2) is 59.0 Å². The van der Waals surface area contributed by atoms with Gasteiger partial charge in [-0.25, -0.2) is 0 Å². The lowest BCUT2D eigenvalue weighted by atomic mass is 10.1. The molecule has 1 heterocycles. The van der Waals surface area contributed by atoms with Crippen molar-refractivity contribution in [1.82, 2.24) is 15.5 Å². The normalized spacial score (nSPS) is 10.5. The van der Waals surface area contributed by atoms with Crippen LogP contribution in [0.1, 0.15) is 17.9 Å². The van der Waals surface area contributed by atoms with E-state index in [0.29, 0.717) is 37.8 Å². The SMILES string of the molecule is Cc1ccc(-c2nnc(CCC(=O)NCCOc3ccccc3)o2)cc1. The number of aryl methyl sites for hydroxylation is 2. The summed E-state index contributed by atoms with van der Waals surface area (Å²) in [5, 5.41) is 10.9. The average Bonchev–Trinajstić information content (AvgIpc) is 3.14. The molecule has 0 aliphatic heterocycles. The maximum absolute atomic E-state index is 11.9. The molecule has 3 rings (SSSR count). The number of aromatic nitrogens is 2. The predicted molar refractivity (Wildman–Crippen MR) is 97.7 cm³/mol. The Morgan fingerprint density at radius 2 is 1.85 bits per heavy atom. The van der Waals surface area contributed by atoms with E-state index in [-0.39, 0.29) is 5.91 Å². The van der Waals surface area contributed by atoms with E-state index in [9.17, 15) is 4.79 Å². The molecule has 0 saturated heterocycles. The van der Waals surface area contributed by atoms with E-state index in [4.69, 9.17) is 9.15 Å². The molecule has 0 spiro atoms. The lowest BCUT2D eigenvalue weighted by Crippen LogP contribution is -2.28. The molecule has 0 radical (unpaired) electrons. The zero-order valence-electron chi connectivity index (χ0n) is 14.6. The first kappa shape index (κ1) is 17.7. The standard InChI is InChI=1S/C20H21N3O3/c1-15-7-9-16(10-8-15)20-23-22-19(26-20)12-11-18(24)21-13-14-25-17-5-3-2-4-6-17/h2-10H,11-14H2,1H3,(H,21,24). The number of carbonyl (C=O) groups excluding carboxylic acids is 1. The zero-order valence-corrected chi connectivity index (χ0v) is 14.6. The first-order valence-electron chi connectivity index (χ1n) is 8.55. The maximum atomic E-state index is 11.9. The van der Waals surface area contributed by atoms with Crippen LogP contribution in [-0.2, 0) is 11.2 Å². The average molecular weight is 351 g/mol. The first-order chi connectivity index (χ1) is 12.7. The Balaban J connectivity index is 1.38. The van der Waals surface area contributed by atoms with Crippen molar-refractivity contribution in [3.8, 4) is 17.2 Å². The Labute approximate surface area is 152 Å². The molecule has 1 N–H and O–H groups in total. The Morgan fingerprint density at radius 3 is 2.62 bits per heavy atom. The summed E-state index contributed by atoms with van der Waals surface area (Å²) in [4.78, 5) is 11.9. The van der Waals surface area contributed by atoms with Crippen LogP contribution < -0.4 is 10.1 Å². The number of carbonyl (C=O) groups is 1. The third-order valence-electron chi connectivity index (χ3n) is 3.77. The minimum absolute atomic E-state index is 0.0725. The molecule has 0 aliphatic carbocycles. The van der Waals surface area contributed by atoms with Gasteiger partial charge in [-0.15, -0.1) is 10.2 Å². The first-order valence-corrected chi connectivity index (χ1v) is 8.55. The van der Waals surface area contributed by atoms with E-state index < -0.39 is 0 Å². The van der Waals surface area contributed by atoms with Crippen LogP contribution in [0.25, 0.3) is 11.5 Å². The van der Waals surface area contributed by atoms with E-state index in [1.54, 1.807) is 0 Å². The van der Waals surface area contributed by atoms with Gasteiger partial charge in [0.25, 0.3) is 0 Å². The van der Waals surface area contributed by atoms with Gasteiger partial charge in [-0.2, -0.15) is 0 Å². The summed E-state index contributed by atoms with van der Waals surface area (Å²) < 4.78 is 11.1. The fourth-order valence-corrected chi connectivity index (χ4v) is 2.35. The van der Waals surface area contributed by atoms with Gasteiger partial charge in [0.1, 0.15) is 12.4 Å². The van der Waals surface area contributed by atoms with Crippen LogP contribution in [0, 0.1) is 6.92 Å².